The lowest BCUT2D eigenvalue weighted by atomic mass is 10.2. The lowest BCUT2D eigenvalue weighted by Gasteiger charge is -2.13. The molecule has 0 aliphatic heterocycles. The van der Waals surface area contributed by atoms with Crippen LogP contribution in [0.5, 0.6) is 0 Å². The summed E-state index contributed by atoms with van der Waals surface area (Å²) in [4.78, 5) is 12.3. The van der Waals surface area contributed by atoms with Gasteiger partial charge in [0.1, 0.15) is 11.9 Å². The van der Waals surface area contributed by atoms with E-state index in [0.29, 0.717) is 29.6 Å². The number of anilines is 1. The maximum Gasteiger partial charge on any atom is 0.235 e. The van der Waals surface area contributed by atoms with Crippen LogP contribution >= 0.6 is 11.8 Å². The smallest absolute Gasteiger partial charge is 0.235 e. The van der Waals surface area contributed by atoms with Crippen LogP contribution in [0.15, 0.2) is 30.3 Å². The van der Waals surface area contributed by atoms with Crippen LogP contribution in [0.4, 0.5) is 5.82 Å². The molecule has 0 spiro atoms. The van der Waals surface area contributed by atoms with Crippen LogP contribution in [-0.4, -0.2) is 22.0 Å². The number of hydrogen-bond acceptors (Lipinski definition) is 3. The summed E-state index contributed by atoms with van der Waals surface area (Å²) >= 11 is 1.62. The molecule has 132 valence electrons. The molecule has 5 heteroatoms. The van der Waals surface area contributed by atoms with Crippen molar-refractivity contribution in [1.29, 1.82) is 5.26 Å². The van der Waals surface area contributed by atoms with Gasteiger partial charge in [0.05, 0.1) is 11.3 Å². The summed E-state index contributed by atoms with van der Waals surface area (Å²) in [6, 6.07) is 12.3. The monoisotopic (exact) mass is 355 g/mol. The van der Waals surface area contributed by atoms with E-state index in [0.717, 1.165) is 22.6 Å². The number of thioether (sulfide) groups is 1. The molecule has 0 unspecified atom stereocenters. The van der Waals surface area contributed by atoms with E-state index in [1.807, 2.05) is 48.7 Å². The molecular weight excluding hydrogens is 330 g/mol. The van der Waals surface area contributed by atoms with Crippen molar-refractivity contribution in [3.05, 3.63) is 52.7 Å². The molecule has 0 aliphatic carbocycles. The molecule has 0 bridgehead atoms. The van der Waals surface area contributed by atoms with Gasteiger partial charge in [0, 0.05) is 12.2 Å². The number of hydrogen-bond donors (Lipinski definition) is 1. The normalized spacial score (nSPS) is 10.7. The molecule has 0 radical (unpaired) electrons. The van der Waals surface area contributed by atoms with Crippen LogP contribution in [0.25, 0.3) is 0 Å². The van der Waals surface area contributed by atoms with Crippen LogP contribution in [0.2, 0.25) is 0 Å². The first-order chi connectivity index (χ1) is 11.9. The van der Waals surface area contributed by atoms with E-state index in [2.05, 4.69) is 25.2 Å². The Morgan fingerprint density at radius 3 is 2.56 bits per heavy atom. The predicted molar refractivity (Wildman–Crippen MR) is 105 cm³/mol. The van der Waals surface area contributed by atoms with Gasteiger partial charge < -0.3 is 9.88 Å². The zero-order chi connectivity index (χ0) is 18.4. The minimum absolute atomic E-state index is 0.0611. The summed E-state index contributed by atoms with van der Waals surface area (Å²) < 4.78 is 2.02. The lowest BCUT2D eigenvalue weighted by molar-refractivity contribution is -0.113. The van der Waals surface area contributed by atoms with Crippen LogP contribution < -0.4 is 5.32 Å². The predicted octanol–water partition coefficient (Wildman–Crippen LogP) is 4.35. The molecule has 4 nitrogen and oxygen atoms in total. The average molecular weight is 356 g/mol. The van der Waals surface area contributed by atoms with Crippen molar-refractivity contribution in [2.75, 3.05) is 16.8 Å². The molecule has 0 saturated heterocycles. The number of carbonyl (C=O) groups excluding carboxylic acids is 1. The van der Waals surface area contributed by atoms with E-state index >= 15 is 0 Å². The van der Waals surface area contributed by atoms with Crippen molar-refractivity contribution in [2.45, 2.75) is 34.2 Å². The fourth-order valence-corrected chi connectivity index (χ4v) is 3.50. The van der Waals surface area contributed by atoms with Crippen molar-refractivity contribution >= 4 is 23.5 Å². The second-order valence-corrected chi connectivity index (χ2v) is 7.60. The highest BCUT2D eigenvalue weighted by molar-refractivity contribution is 7.99. The topological polar surface area (TPSA) is 57.8 Å². The van der Waals surface area contributed by atoms with Gasteiger partial charge in [-0.2, -0.15) is 17.0 Å². The van der Waals surface area contributed by atoms with E-state index in [9.17, 15) is 10.1 Å². The molecular formula is C20H25N3OS. The Bertz CT molecular complexity index is 772. The van der Waals surface area contributed by atoms with Gasteiger partial charge >= 0.3 is 0 Å². The molecule has 2 aromatic rings. The number of rotatable bonds is 7. The summed E-state index contributed by atoms with van der Waals surface area (Å²) in [7, 11) is 0. The van der Waals surface area contributed by atoms with Gasteiger partial charge in [0.15, 0.2) is 0 Å². The summed E-state index contributed by atoms with van der Waals surface area (Å²) in [5.74, 6) is 2.45. The zero-order valence-corrected chi connectivity index (χ0v) is 16.1. The first-order valence-corrected chi connectivity index (χ1v) is 9.60. The minimum atomic E-state index is -0.0611. The number of carbonyl (C=O) groups is 1. The SMILES string of the molecule is Cc1c(C#N)c(NC(=O)CSCC(C)C)n(Cc2ccccc2)c1C. The fourth-order valence-electron chi connectivity index (χ4n) is 2.65. The molecule has 25 heavy (non-hydrogen) atoms. The highest BCUT2D eigenvalue weighted by Crippen LogP contribution is 2.27. The first kappa shape index (κ1) is 19.1. The van der Waals surface area contributed by atoms with Crippen molar-refractivity contribution in [3.63, 3.8) is 0 Å². The molecule has 0 fully saturated rings. The number of nitriles is 1. The van der Waals surface area contributed by atoms with Gasteiger partial charge in [-0.3, -0.25) is 4.79 Å². The van der Waals surface area contributed by atoms with Crippen LogP contribution in [0, 0.1) is 31.1 Å². The zero-order valence-electron chi connectivity index (χ0n) is 15.3. The second-order valence-electron chi connectivity index (χ2n) is 6.57. The summed E-state index contributed by atoms with van der Waals surface area (Å²) in [5.41, 5.74) is 3.61. The van der Waals surface area contributed by atoms with Crippen molar-refractivity contribution in [2.24, 2.45) is 5.92 Å². The van der Waals surface area contributed by atoms with Gasteiger partial charge in [-0.15, -0.1) is 0 Å². The highest BCUT2D eigenvalue weighted by atomic mass is 32.2. The minimum Gasteiger partial charge on any atom is -0.326 e. The summed E-state index contributed by atoms with van der Waals surface area (Å²) in [6.45, 7) is 8.82. The molecule has 0 aliphatic rings. The number of benzene rings is 1. The fraction of sp³-hybridized carbons (Fsp3) is 0.400. The van der Waals surface area contributed by atoms with Crippen molar-refractivity contribution < 1.29 is 4.79 Å². The van der Waals surface area contributed by atoms with Crippen molar-refractivity contribution in [3.8, 4) is 6.07 Å². The largest absolute Gasteiger partial charge is 0.326 e. The summed E-state index contributed by atoms with van der Waals surface area (Å²) in [5, 5.41) is 12.5. The standard InChI is InChI=1S/C20H25N3OS/c1-14(2)12-25-13-19(24)22-20-18(10-21)15(3)16(4)23(20)11-17-8-6-5-7-9-17/h5-9,14H,11-13H2,1-4H3,(H,22,24). The number of nitrogens with zero attached hydrogens (tertiary/aromatic N) is 2. The Kier molecular flexibility index (Phi) is 6.72. The molecule has 1 aromatic carbocycles. The molecule has 1 N–H and O–H groups in total. The Morgan fingerprint density at radius 2 is 1.96 bits per heavy atom. The van der Waals surface area contributed by atoms with E-state index < -0.39 is 0 Å². The first-order valence-electron chi connectivity index (χ1n) is 8.45. The lowest BCUT2D eigenvalue weighted by Crippen LogP contribution is -2.19. The third-order valence-corrected chi connectivity index (χ3v) is 5.44. The van der Waals surface area contributed by atoms with Gasteiger partial charge in [-0.25, -0.2) is 0 Å². The van der Waals surface area contributed by atoms with Crippen LogP contribution in [0.3, 0.4) is 0 Å². The molecule has 0 atom stereocenters. The van der Waals surface area contributed by atoms with Crippen LogP contribution in [-0.2, 0) is 11.3 Å². The number of amides is 1. The van der Waals surface area contributed by atoms with Gasteiger partial charge in [-0.1, -0.05) is 44.2 Å². The Balaban J connectivity index is 2.24. The average Bonchev–Trinajstić information content (AvgIpc) is 2.79. The van der Waals surface area contributed by atoms with E-state index in [4.69, 9.17) is 0 Å². The maximum absolute atomic E-state index is 12.3. The Morgan fingerprint density at radius 1 is 1.28 bits per heavy atom. The third-order valence-electron chi connectivity index (χ3n) is 4.07. The Hall–Kier alpha value is -2.19. The van der Waals surface area contributed by atoms with Gasteiger partial charge in [0.2, 0.25) is 5.91 Å². The number of nitrogens with one attached hydrogen (secondary N) is 1. The molecule has 1 heterocycles. The second kappa shape index (κ2) is 8.77. The third kappa shape index (κ3) is 4.90. The molecule has 0 saturated carbocycles. The van der Waals surface area contributed by atoms with E-state index in [1.54, 1.807) is 11.8 Å². The maximum atomic E-state index is 12.3. The molecule has 1 aromatic heterocycles. The van der Waals surface area contributed by atoms with E-state index in [1.165, 1.54) is 0 Å². The number of aromatic nitrogens is 1. The molecule has 2 rings (SSSR count). The van der Waals surface area contributed by atoms with E-state index in [-0.39, 0.29) is 5.91 Å². The Labute approximate surface area is 154 Å². The van der Waals surface area contributed by atoms with Crippen molar-refractivity contribution in [1.82, 2.24) is 4.57 Å². The van der Waals surface area contributed by atoms with Crippen LogP contribution in [0.1, 0.15) is 36.2 Å². The summed E-state index contributed by atoms with van der Waals surface area (Å²) in [6.07, 6.45) is 0. The highest BCUT2D eigenvalue weighted by Gasteiger charge is 2.19. The van der Waals surface area contributed by atoms with Gasteiger partial charge in [-0.05, 0) is 36.6 Å². The molecule has 1 amide bonds. The quantitative estimate of drug-likeness (QED) is 0.803. The van der Waals surface area contributed by atoms with Gasteiger partial charge in [0.25, 0.3) is 0 Å².